The van der Waals surface area contributed by atoms with Gasteiger partial charge in [-0.05, 0) is 48.2 Å². The first kappa shape index (κ1) is 19.9. The lowest BCUT2D eigenvalue weighted by Gasteiger charge is -2.18. The maximum Gasteiger partial charge on any atom is 0.349 e. The molecular weight excluding hydrogens is 380 g/mol. The zero-order valence-electron chi connectivity index (χ0n) is 17.0. The van der Waals surface area contributed by atoms with Crippen LogP contribution in [0.4, 0.5) is 0 Å². The Labute approximate surface area is 173 Å². The minimum Gasteiger partial charge on any atom is -0.326 e. The molecule has 2 aliphatic rings. The number of nitrogens with two attached hydrogens (primary N) is 1. The fourth-order valence-electron chi connectivity index (χ4n) is 3.49. The van der Waals surface area contributed by atoms with Crippen molar-refractivity contribution < 1.29 is 0 Å². The summed E-state index contributed by atoms with van der Waals surface area (Å²) >= 11 is 0. The molecule has 0 amide bonds. The number of rotatable bonds is 6. The van der Waals surface area contributed by atoms with E-state index in [1.54, 1.807) is 0 Å². The lowest BCUT2D eigenvalue weighted by molar-refractivity contribution is 0.602. The molecular formula is C22H24N6O2. The van der Waals surface area contributed by atoms with Crippen molar-refractivity contribution in [2.45, 2.75) is 33.5 Å². The van der Waals surface area contributed by atoms with Crippen LogP contribution in [0.5, 0.6) is 0 Å². The third-order valence-electron chi connectivity index (χ3n) is 5.32. The van der Waals surface area contributed by atoms with Crippen molar-refractivity contribution in [3.8, 4) is 11.5 Å². The molecule has 0 saturated heterocycles. The molecule has 2 heterocycles. The fourth-order valence-corrected chi connectivity index (χ4v) is 3.49. The number of aromatic amines is 1. The molecule has 0 radical (unpaired) electrons. The number of benzene rings is 2. The summed E-state index contributed by atoms with van der Waals surface area (Å²) in [6, 6.07) is 12.1. The largest absolute Gasteiger partial charge is 0.349 e. The summed E-state index contributed by atoms with van der Waals surface area (Å²) in [4.78, 5) is 34.9. The molecule has 8 heteroatoms. The first-order valence-electron chi connectivity index (χ1n) is 9.86. The third kappa shape index (κ3) is 3.87. The lowest BCUT2D eigenvalue weighted by Crippen LogP contribution is -2.30. The smallest absolute Gasteiger partial charge is 0.326 e. The summed E-state index contributed by atoms with van der Waals surface area (Å²) in [6.45, 7) is 6.43. The molecule has 0 aliphatic carbocycles. The highest BCUT2D eigenvalue weighted by Gasteiger charge is 2.18. The van der Waals surface area contributed by atoms with Gasteiger partial charge in [0, 0.05) is 26.2 Å². The van der Waals surface area contributed by atoms with Crippen molar-refractivity contribution in [3.05, 3.63) is 79.5 Å². The van der Waals surface area contributed by atoms with Crippen molar-refractivity contribution in [1.82, 2.24) is 24.8 Å². The molecule has 0 spiro atoms. The Morgan fingerprint density at radius 3 is 2.47 bits per heavy atom. The molecule has 8 nitrogen and oxygen atoms in total. The molecule has 4 rings (SSSR count). The summed E-state index contributed by atoms with van der Waals surface area (Å²) < 4.78 is 1.89. The molecule has 0 bridgehead atoms. The average Bonchev–Trinajstić information content (AvgIpc) is 2.73. The lowest BCUT2D eigenvalue weighted by atomic mass is 10.1. The Hall–Kier alpha value is -3.36. The predicted octanol–water partition coefficient (Wildman–Crippen LogP) is 1.45. The Morgan fingerprint density at radius 1 is 1.03 bits per heavy atom. The van der Waals surface area contributed by atoms with Gasteiger partial charge in [0.05, 0.1) is 11.0 Å². The molecule has 154 valence electrons. The molecule has 0 unspecified atom stereocenters. The predicted molar refractivity (Wildman–Crippen MR) is 117 cm³/mol. The van der Waals surface area contributed by atoms with Crippen LogP contribution in [0.25, 0.3) is 22.6 Å². The third-order valence-corrected chi connectivity index (χ3v) is 5.32. The normalized spacial score (nSPS) is 11.4. The number of hydrogen-bond donors (Lipinski definition) is 3. The van der Waals surface area contributed by atoms with E-state index in [0.717, 1.165) is 27.8 Å². The Bertz CT molecular complexity index is 1290. The molecule has 2 aromatic carbocycles. The molecule has 0 atom stereocenters. The zero-order valence-corrected chi connectivity index (χ0v) is 17.0. The summed E-state index contributed by atoms with van der Waals surface area (Å²) in [5.41, 5.74) is 10.6. The van der Waals surface area contributed by atoms with Crippen LogP contribution >= 0.6 is 0 Å². The van der Waals surface area contributed by atoms with Crippen LogP contribution in [0.3, 0.4) is 0 Å². The van der Waals surface area contributed by atoms with Gasteiger partial charge >= 0.3 is 5.69 Å². The van der Waals surface area contributed by atoms with Gasteiger partial charge in [0.15, 0.2) is 11.5 Å². The van der Waals surface area contributed by atoms with Gasteiger partial charge in [-0.1, -0.05) is 24.3 Å². The second-order valence-electron chi connectivity index (χ2n) is 7.43. The second-order valence-corrected chi connectivity index (χ2v) is 7.43. The molecule has 0 aromatic heterocycles. The highest BCUT2D eigenvalue weighted by molar-refractivity contribution is 5.81. The first-order chi connectivity index (χ1) is 14.5. The number of nitrogens with zero attached hydrogens (tertiary/aromatic N) is 3. The maximum absolute atomic E-state index is 12.3. The molecule has 0 saturated carbocycles. The van der Waals surface area contributed by atoms with E-state index in [9.17, 15) is 9.59 Å². The molecule has 4 N–H and O–H groups in total. The quantitative estimate of drug-likeness (QED) is 0.331. The van der Waals surface area contributed by atoms with Crippen LogP contribution in [-0.2, 0) is 19.6 Å². The van der Waals surface area contributed by atoms with Gasteiger partial charge in [-0.15, -0.1) is 0 Å². The number of aryl methyl sites for hydroxylation is 2. The average molecular weight is 404 g/mol. The fraction of sp³-hybridized carbons (Fsp3) is 0.273. The topological polar surface area (TPSA) is 119 Å². The van der Waals surface area contributed by atoms with Crippen LogP contribution in [0.2, 0.25) is 0 Å². The number of aromatic nitrogens is 4. The van der Waals surface area contributed by atoms with Crippen LogP contribution in [-0.4, -0.2) is 26.1 Å². The number of fused-ring (bicyclic) bond motifs is 2. The second kappa shape index (κ2) is 8.17. The van der Waals surface area contributed by atoms with Gasteiger partial charge in [-0.3, -0.25) is 9.78 Å². The summed E-state index contributed by atoms with van der Waals surface area (Å²) in [7, 11) is 0. The van der Waals surface area contributed by atoms with E-state index in [4.69, 9.17) is 5.73 Å². The summed E-state index contributed by atoms with van der Waals surface area (Å²) in [5.74, 6) is 0.300. The van der Waals surface area contributed by atoms with E-state index >= 15 is 0 Å². The number of H-pyrrole nitrogens is 1. The Balaban J connectivity index is 1.65. The van der Waals surface area contributed by atoms with Gasteiger partial charge in [-0.2, -0.15) is 4.98 Å². The Morgan fingerprint density at radius 2 is 1.73 bits per heavy atom. The van der Waals surface area contributed by atoms with E-state index in [-0.39, 0.29) is 5.69 Å². The van der Waals surface area contributed by atoms with Crippen LogP contribution < -0.4 is 22.3 Å². The van der Waals surface area contributed by atoms with E-state index in [1.165, 1.54) is 0 Å². The molecule has 0 fully saturated rings. The van der Waals surface area contributed by atoms with Crippen molar-refractivity contribution in [2.24, 2.45) is 5.73 Å². The van der Waals surface area contributed by atoms with Crippen molar-refractivity contribution in [1.29, 1.82) is 0 Å². The van der Waals surface area contributed by atoms with Gasteiger partial charge in [0.2, 0.25) is 0 Å². The number of nitrogens with one attached hydrogen (secondary N) is 2. The zero-order chi connectivity index (χ0) is 21.3. The van der Waals surface area contributed by atoms with Gasteiger partial charge in [0.1, 0.15) is 0 Å². The van der Waals surface area contributed by atoms with Crippen LogP contribution in [0, 0.1) is 13.8 Å². The number of hydrogen-bond acceptors (Lipinski definition) is 6. The van der Waals surface area contributed by atoms with E-state index < -0.39 is 11.2 Å². The van der Waals surface area contributed by atoms with Crippen LogP contribution in [0.1, 0.15) is 22.3 Å². The molecule has 2 aliphatic heterocycles. The van der Waals surface area contributed by atoms with E-state index in [0.29, 0.717) is 37.5 Å². The maximum atomic E-state index is 12.3. The summed E-state index contributed by atoms with van der Waals surface area (Å²) in [6.07, 6.45) is 0. The van der Waals surface area contributed by atoms with Crippen molar-refractivity contribution >= 4 is 11.0 Å². The van der Waals surface area contributed by atoms with Gasteiger partial charge in [0.25, 0.3) is 5.56 Å². The minimum absolute atomic E-state index is 0.169. The first-order valence-corrected chi connectivity index (χ1v) is 9.86. The van der Waals surface area contributed by atoms with E-state index in [1.807, 2.05) is 42.7 Å². The van der Waals surface area contributed by atoms with Gasteiger partial charge in [-0.25, -0.2) is 9.78 Å². The minimum atomic E-state index is -0.667. The Kier molecular flexibility index (Phi) is 5.43. The molecule has 30 heavy (non-hydrogen) atoms. The molecule has 2 aromatic rings. The summed E-state index contributed by atoms with van der Waals surface area (Å²) in [5, 5.41) is 3.41. The standard InChI is InChI=1S/C22H24N6O2/c1-13-9-17-18(10-14(13)2)28(20-19(25-17)21(29)27-22(30)26-20)8-7-24-12-16-5-3-15(11-23)4-6-16/h3-6,9-10,24H,7-8,11-12,23H2,1-2H3,(H,27,29,30). The van der Waals surface area contributed by atoms with Crippen molar-refractivity contribution in [3.63, 3.8) is 0 Å². The highest BCUT2D eigenvalue weighted by Crippen LogP contribution is 2.23. The van der Waals surface area contributed by atoms with E-state index in [2.05, 4.69) is 32.4 Å². The van der Waals surface area contributed by atoms with Crippen molar-refractivity contribution in [2.75, 3.05) is 6.54 Å². The SMILES string of the molecule is Cc1cc2nc3c(=O)[nH]c(=O)nc-3n(CCNCc3ccc(CN)cc3)c2cc1C. The van der Waals surface area contributed by atoms with Gasteiger partial charge < -0.3 is 15.6 Å². The van der Waals surface area contributed by atoms with Crippen LogP contribution in [0.15, 0.2) is 46.0 Å². The monoisotopic (exact) mass is 404 g/mol. The highest BCUT2D eigenvalue weighted by atomic mass is 16.2.